The van der Waals surface area contributed by atoms with Crippen molar-refractivity contribution in [2.45, 2.75) is 26.2 Å². The van der Waals surface area contributed by atoms with Crippen LogP contribution in [0.3, 0.4) is 0 Å². The normalized spacial score (nSPS) is 11.9. The molecule has 0 aromatic rings. The molecule has 12 heavy (non-hydrogen) atoms. The van der Waals surface area contributed by atoms with Gasteiger partial charge >= 0.3 is 0 Å². The highest BCUT2D eigenvalue weighted by Crippen LogP contribution is 1.98. The molecule has 0 aliphatic rings. The summed E-state index contributed by atoms with van der Waals surface area (Å²) in [6, 6.07) is 0. The van der Waals surface area contributed by atoms with Gasteiger partial charge in [0, 0.05) is 0 Å². The molecule has 66 valence electrons. The lowest BCUT2D eigenvalue weighted by Crippen LogP contribution is -1.68. The minimum atomic E-state index is 1.11. The average molecular weight is 162 g/mol. The summed E-state index contributed by atoms with van der Waals surface area (Å²) in [5.41, 5.74) is 1.20. The third-order valence-corrected chi connectivity index (χ3v) is 1.60. The minimum absolute atomic E-state index is 1.11. The Hall–Kier alpha value is -1.04. The van der Waals surface area contributed by atoms with E-state index in [0.717, 1.165) is 12.8 Å². The molecule has 0 aliphatic carbocycles. The number of rotatable bonds is 6. The summed E-state index contributed by atoms with van der Waals surface area (Å²) in [5.74, 6) is 0. The smallest absolute Gasteiger partial charge is 0.0345 e. The van der Waals surface area contributed by atoms with Gasteiger partial charge < -0.3 is 0 Å². The lowest BCUT2D eigenvalue weighted by atomic mass is 10.2. The van der Waals surface area contributed by atoms with Crippen molar-refractivity contribution in [1.29, 1.82) is 0 Å². The van der Waals surface area contributed by atoms with Crippen molar-refractivity contribution >= 4 is 0 Å². The zero-order chi connectivity index (χ0) is 9.23. The summed E-state index contributed by atoms with van der Waals surface area (Å²) in [6.07, 6.45) is 13.6. The van der Waals surface area contributed by atoms with Crippen LogP contribution in [0.4, 0.5) is 0 Å². The fourth-order valence-electron chi connectivity index (χ4n) is 0.764. The largest absolute Gasteiger partial charge is 0.103 e. The Morgan fingerprint density at radius 3 is 2.58 bits per heavy atom. The number of allylic oxidation sites excluding steroid dienone is 6. The highest BCUT2D eigenvalue weighted by molar-refractivity contribution is 5.19. The molecule has 0 N–H and O–H groups in total. The van der Waals surface area contributed by atoms with Gasteiger partial charge in [-0.2, -0.15) is 0 Å². The van der Waals surface area contributed by atoms with Crippen LogP contribution in [0, 0.1) is 0 Å². The maximum Gasteiger partial charge on any atom is -0.0345 e. The first-order valence-corrected chi connectivity index (χ1v) is 4.38. The summed E-state index contributed by atoms with van der Waals surface area (Å²) >= 11 is 0. The standard InChI is InChI=1S/C12H18/c1-4-6-7-8-9-10-11-12(3)5-2/h4-5,9-11H,1-2,6-8H2,3H3/b10-9-,12-11-. The Morgan fingerprint density at radius 1 is 1.25 bits per heavy atom. The number of unbranched alkanes of at least 4 members (excludes halogenated alkanes) is 2. The van der Waals surface area contributed by atoms with Gasteiger partial charge in [0.25, 0.3) is 0 Å². The van der Waals surface area contributed by atoms with Crippen LogP contribution in [0.15, 0.2) is 49.1 Å². The highest BCUT2D eigenvalue weighted by atomic mass is 13.8. The Morgan fingerprint density at radius 2 is 2.00 bits per heavy atom. The molecule has 0 atom stereocenters. The minimum Gasteiger partial charge on any atom is -0.103 e. The van der Waals surface area contributed by atoms with Crippen molar-refractivity contribution in [3.05, 3.63) is 49.1 Å². The van der Waals surface area contributed by atoms with Crippen LogP contribution < -0.4 is 0 Å². The second-order valence-corrected chi connectivity index (χ2v) is 2.76. The van der Waals surface area contributed by atoms with Crippen molar-refractivity contribution in [1.82, 2.24) is 0 Å². The Labute approximate surface area is 76.0 Å². The molecular weight excluding hydrogens is 144 g/mol. The molecular formula is C12H18. The molecule has 0 unspecified atom stereocenters. The molecule has 0 radical (unpaired) electrons. The lowest BCUT2D eigenvalue weighted by Gasteiger charge is -1.88. The zero-order valence-corrected chi connectivity index (χ0v) is 7.92. The van der Waals surface area contributed by atoms with E-state index < -0.39 is 0 Å². The molecule has 0 saturated heterocycles. The Bertz CT molecular complexity index is 182. The monoisotopic (exact) mass is 162 g/mol. The molecule has 0 heteroatoms. The van der Waals surface area contributed by atoms with Crippen LogP contribution in [-0.2, 0) is 0 Å². The zero-order valence-electron chi connectivity index (χ0n) is 7.92. The highest BCUT2D eigenvalue weighted by Gasteiger charge is 1.78. The molecule has 0 amide bonds. The molecule has 0 fully saturated rings. The van der Waals surface area contributed by atoms with Gasteiger partial charge in [0.2, 0.25) is 0 Å². The second-order valence-electron chi connectivity index (χ2n) is 2.76. The van der Waals surface area contributed by atoms with Gasteiger partial charge in [-0.25, -0.2) is 0 Å². The van der Waals surface area contributed by atoms with Gasteiger partial charge in [-0.15, -0.1) is 6.58 Å². The Kier molecular flexibility index (Phi) is 7.36. The summed E-state index contributed by atoms with van der Waals surface area (Å²) in [4.78, 5) is 0. The van der Waals surface area contributed by atoms with Crippen LogP contribution in [-0.4, -0.2) is 0 Å². The van der Waals surface area contributed by atoms with Gasteiger partial charge in [-0.3, -0.25) is 0 Å². The van der Waals surface area contributed by atoms with Gasteiger partial charge in [-0.1, -0.05) is 42.5 Å². The first-order valence-electron chi connectivity index (χ1n) is 4.38. The van der Waals surface area contributed by atoms with Crippen molar-refractivity contribution in [2.24, 2.45) is 0 Å². The van der Waals surface area contributed by atoms with Crippen molar-refractivity contribution in [3.63, 3.8) is 0 Å². The molecule has 0 aromatic heterocycles. The van der Waals surface area contributed by atoms with Crippen molar-refractivity contribution in [2.75, 3.05) is 0 Å². The van der Waals surface area contributed by atoms with Crippen LogP contribution in [0.2, 0.25) is 0 Å². The SMILES string of the molecule is C=CCCC/C=C\C=C(\C)C=C. The predicted molar refractivity (Wildman–Crippen MR) is 57.1 cm³/mol. The van der Waals surface area contributed by atoms with E-state index >= 15 is 0 Å². The van der Waals surface area contributed by atoms with Crippen LogP contribution in [0.1, 0.15) is 26.2 Å². The van der Waals surface area contributed by atoms with Crippen molar-refractivity contribution in [3.8, 4) is 0 Å². The van der Waals surface area contributed by atoms with E-state index in [2.05, 4.69) is 31.4 Å². The summed E-state index contributed by atoms with van der Waals surface area (Å²) in [5, 5.41) is 0. The molecule has 0 nitrogen and oxygen atoms in total. The molecule has 0 aromatic carbocycles. The van der Waals surface area contributed by atoms with Crippen LogP contribution in [0.25, 0.3) is 0 Å². The van der Waals surface area contributed by atoms with Gasteiger partial charge in [0.15, 0.2) is 0 Å². The summed E-state index contributed by atoms with van der Waals surface area (Å²) in [7, 11) is 0. The predicted octanol–water partition coefficient (Wildman–Crippen LogP) is 4.03. The van der Waals surface area contributed by atoms with Gasteiger partial charge in [0.05, 0.1) is 0 Å². The first kappa shape index (κ1) is 11.0. The molecule has 0 rings (SSSR count). The molecule has 0 saturated carbocycles. The van der Waals surface area contributed by atoms with E-state index in [-0.39, 0.29) is 0 Å². The topological polar surface area (TPSA) is 0 Å². The quantitative estimate of drug-likeness (QED) is 0.314. The third-order valence-electron chi connectivity index (χ3n) is 1.60. The summed E-state index contributed by atoms with van der Waals surface area (Å²) < 4.78 is 0. The van der Waals surface area contributed by atoms with Gasteiger partial charge in [0.1, 0.15) is 0 Å². The maximum absolute atomic E-state index is 3.67. The maximum atomic E-state index is 3.67. The molecule has 0 bridgehead atoms. The van der Waals surface area contributed by atoms with E-state index in [1.165, 1.54) is 12.0 Å². The summed E-state index contributed by atoms with van der Waals surface area (Å²) in [6.45, 7) is 9.39. The first-order chi connectivity index (χ1) is 5.81. The van der Waals surface area contributed by atoms with E-state index in [0.29, 0.717) is 0 Å². The molecule has 0 aliphatic heterocycles. The Balaban J connectivity index is 3.49. The van der Waals surface area contributed by atoms with Crippen molar-refractivity contribution < 1.29 is 0 Å². The van der Waals surface area contributed by atoms with Crippen LogP contribution in [0.5, 0.6) is 0 Å². The van der Waals surface area contributed by atoms with E-state index in [1.54, 1.807) is 0 Å². The fraction of sp³-hybridized carbons (Fsp3) is 0.333. The second kappa shape index (κ2) is 8.06. The third kappa shape index (κ3) is 7.07. The van der Waals surface area contributed by atoms with Gasteiger partial charge in [-0.05, 0) is 26.2 Å². The molecule has 0 heterocycles. The molecule has 0 spiro atoms. The van der Waals surface area contributed by atoms with E-state index in [1.807, 2.05) is 19.1 Å². The number of hydrogen-bond acceptors (Lipinski definition) is 0. The lowest BCUT2D eigenvalue weighted by molar-refractivity contribution is 0.870. The average Bonchev–Trinajstić information content (AvgIpc) is 2.10. The fourth-order valence-corrected chi connectivity index (χ4v) is 0.764. The van der Waals surface area contributed by atoms with Crippen LogP contribution >= 0.6 is 0 Å². The van der Waals surface area contributed by atoms with E-state index in [4.69, 9.17) is 0 Å². The number of hydrogen-bond donors (Lipinski definition) is 0. The van der Waals surface area contributed by atoms with E-state index in [9.17, 15) is 0 Å².